The molecule has 0 atom stereocenters. The summed E-state index contributed by atoms with van der Waals surface area (Å²) in [7, 11) is 1.66. The maximum Gasteiger partial charge on any atom is 0.251 e. The average Bonchev–Trinajstić information content (AvgIpc) is 2.60. The first-order valence-corrected chi connectivity index (χ1v) is 8.62. The molecule has 3 nitrogen and oxygen atoms in total. The molecule has 0 saturated heterocycles. The molecule has 3 aromatic rings. The van der Waals surface area contributed by atoms with E-state index in [9.17, 15) is 4.79 Å². The second-order valence-electron chi connectivity index (χ2n) is 5.71. The smallest absolute Gasteiger partial charge is 0.251 e. The average molecular weight is 374 g/mol. The molecule has 0 saturated carbocycles. The number of fused-ring (bicyclic) bond motifs is 1. The number of amides is 1. The van der Waals surface area contributed by atoms with Crippen LogP contribution in [0.1, 0.15) is 15.9 Å². The van der Waals surface area contributed by atoms with Crippen LogP contribution in [0.2, 0.25) is 10.0 Å². The minimum atomic E-state index is -0.188. The van der Waals surface area contributed by atoms with Gasteiger partial charge >= 0.3 is 0 Å². The van der Waals surface area contributed by atoms with Crippen LogP contribution in [0.5, 0.6) is 5.75 Å². The molecule has 0 fully saturated rings. The summed E-state index contributed by atoms with van der Waals surface area (Å²) in [5.41, 5.74) is 1.60. The van der Waals surface area contributed by atoms with Gasteiger partial charge in [0, 0.05) is 22.2 Å². The van der Waals surface area contributed by atoms with E-state index in [1.54, 1.807) is 25.3 Å². The molecular weight excluding hydrogens is 357 g/mol. The van der Waals surface area contributed by atoms with Crippen LogP contribution in [0.15, 0.2) is 54.6 Å². The van der Waals surface area contributed by atoms with Crippen molar-refractivity contribution in [2.75, 3.05) is 13.7 Å². The third kappa shape index (κ3) is 4.44. The molecule has 128 valence electrons. The van der Waals surface area contributed by atoms with Crippen LogP contribution in [-0.4, -0.2) is 19.6 Å². The number of methoxy groups -OCH3 is 1. The van der Waals surface area contributed by atoms with Gasteiger partial charge in [-0.2, -0.15) is 0 Å². The molecule has 25 heavy (non-hydrogen) atoms. The fourth-order valence-corrected chi connectivity index (χ4v) is 3.19. The van der Waals surface area contributed by atoms with E-state index in [0.29, 0.717) is 22.2 Å². The number of benzene rings is 3. The molecule has 0 heterocycles. The number of halogens is 2. The van der Waals surface area contributed by atoms with Crippen molar-refractivity contribution in [3.63, 3.8) is 0 Å². The molecule has 0 aliphatic carbocycles. The molecule has 0 aliphatic rings. The Bertz CT molecular complexity index is 904. The monoisotopic (exact) mass is 373 g/mol. The second kappa shape index (κ2) is 7.77. The predicted molar refractivity (Wildman–Crippen MR) is 103 cm³/mol. The van der Waals surface area contributed by atoms with Crippen molar-refractivity contribution in [2.45, 2.75) is 6.42 Å². The Balaban J connectivity index is 1.65. The first kappa shape index (κ1) is 17.6. The molecular formula is C20H17Cl2NO2. The van der Waals surface area contributed by atoms with Crippen LogP contribution in [-0.2, 0) is 6.42 Å². The van der Waals surface area contributed by atoms with Gasteiger partial charge in [-0.25, -0.2) is 0 Å². The quantitative estimate of drug-likeness (QED) is 0.673. The Morgan fingerprint density at radius 1 is 0.960 bits per heavy atom. The summed E-state index contributed by atoms with van der Waals surface area (Å²) in [4.78, 5) is 12.2. The molecule has 0 aliphatic heterocycles. The Labute approximate surface area is 156 Å². The van der Waals surface area contributed by atoms with Crippen molar-refractivity contribution in [3.8, 4) is 5.75 Å². The summed E-state index contributed by atoms with van der Waals surface area (Å²) in [5, 5.41) is 6.05. The summed E-state index contributed by atoms with van der Waals surface area (Å²) in [6.45, 7) is 0.526. The van der Waals surface area contributed by atoms with E-state index in [0.717, 1.165) is 28.5 Å². The van der Waals surface area contributed by atoms with E-state index in [-0.39, 0.29) is 5.91 Å². The van der Waals surface area contributed by atoms with Gasteiger partial charge in [-0.1, -0.05) is 47.5 Å². The zero-order valence-electron chi connectivity index (χ0n) is 13.7. The third-order valence-corrected chi connectivity index (χ3v) is 4.37. The van der Waals surface area contributed by atoms with Gasteiger partial charge in [0.2, 0.25) is 0 Å². The molecule has 0 radical (unpaired) electrons. The molecule has 3 aromatic carbocycles. The predicted octanol–water partition coefficient (Wildman–Crippen LogP) is 5.13. The summed E-state index contributed by atoms with van der Waals surface area (Å²) in [6, 6.07) is 17.0. The second-order valence-corrected chi connectivity index (χ2v) is 6.58. The van der Waals surface area contributed by atoms with Gasteiger partial charge in [0.05, 0.1) is 7.11 Å². The fraction of sp³-hybridized carbons (Fsp3) is 0.150. The van der Waals surface area contributed by atoms with Crippen molar-refractivity contribution in [1.29, 1.82) is 0 Å². The topological polar surface area (TPSA) is 38.3 Å². The maximum atomic E-state index is 12.2. The van der Waals surface area contributed by atoms with Crippen molar-refractivity contribution >= 4 is 39.9 Å². The number of carbonyl (C=O) groups is 1. The Morgan fingerprint density at radius 2 is 1.68 bits per heavy atom. The lowest BCUT2D eigenvalue weighted by Gasteiger charge is -2.08. The van der Waals surface area contributed by atoms with Crippen LogP contribution in [0, 0.1) is 0 Å². The number of hydrogen-bond donors (Lipinski definition) is 1. The first-order valence-electron chi connectivity index (χ1n) is 7.86. The number of ether oxygens (including phenoxy) is 1. The normalized spacial score (nSPS) is 10.7. The third-order valence-electron chi connectivity index (χ3n) is 3.94. The number of hydrogen-bond acceptors (Lipinski definition) is 2. The van der Waals surface area contributed by atoms with Gasteiger partial charge < -0.3 is 10.1 Å². The van der Waals surface area contributed by atoms with Crippen LogP contribution in [0.3, 0.4) is 0 Å². The van der Waals surface area contributed by atoms with Crippen molar-refractivity contribution < 1.29 is 9.53 Å². The molecule has 1 N–H and O–H groups in total. The van der Waals surface area contributed by atoms with E-state index in [4.69, 9.17) is 27.9 Å². The van der Waals surface area contributed by atoms with E-state index >= 15 is 0 Å². The van der Waals surface area contributed by atoms with Crippen LogP contribution in [0.25, 0.3) is 10.8 Å². The minimum absolute atomic E-state index is 0.188. The first-order chi connectivity index (χ1) is 12.0. The van der Waals surface area contributed by atoms with E-state index < -0.39 is 0 Å². The largest absolute Gasteiger partial charge is 0.497 e. The number of carbonyl (C=O) groups excluding carboxylic acids is 1. The summed E-state index contributed by atoms with van der Waals surface area (Å²) in [5.74, 6) is 0.641. The molecule has 1 amide bonds. The fourth-order valence-electron chi connectivity index (χ4n) is 2.66. The van der Waals surface area contributed by atoms with Gasteiger partial charge in [0.1, 0.15) is 5.75 Å². The molecule has 0 bridgehead atoms. The lowest BCUT2D eigenvalue weighted by atomic mass is 10.0. The van der Waals surface area contributed by atoms with Crippen LogP contribution in [0.4, 0.5) is 0 Å². The highest BCUT2D eigenvalue weighted by Crippen LogP contribution is 2.22. The minimum Gasteiger partial charge on any atom is -0.497 e. The zero-order chi connectivity index (χ0) is 17.8. The van der Waals surface area contributed by atoms with Gasteiger partial charge in [-0.3, -0.25) is 4.79 Å². The number of nitrogens with one attached hydrogen (secondary N) is 1. The Kier molecular flexibility index (Phi) is 5.47. The van der Waals surface area contributed by atoms with Crippen molar-refractivity contribution in [1.82, 2.24) is 5.32 Å². The van der Waals surface area contributed by atoms with Gasteiger partial charge in [0.15, 0.2) is 0 Å². The SMILES string of the molecule is COc1ccc2ccc(CCNC(=O)c3cc(Cl)cc(Cl)c3)cc2c1. The van der Waals surface area contributed by atoms with Crippen molar-refractivity contribution in [3.05, 3.63) is 75.8 Å². The summed E-state index contributed by atoms with van der Waals surface area (Å²) in [6.07, 6.45) is 0.729. The Morgan fingerprint density at radius 3 is 2.40 bits per heavy atom. The summed E-state index contributed by atoms with van der Waals surface area (Å²) < 4.78 is 5.26. The van der Waals surface area contributed by atoms with Crippen LogP contribution < -0.4 is 10.1 Å². The van der Waals surface area contributed by atoms with Crippen molar-refractivity contribution in [2.24, 2.45) is 0 Å². The highest BCUT2D eigenvalue weighted by atomic mass is 35.5. The lowest BCUT2D eigenvalue weighted by molar-refractivity contribution is 0.0954. The highest BCUT2D eigenvalue weighted by Gasteiger charge is 2.07. The maximum absolute atomic E-state index is 12.2. The van der Waals surface area contributed by atoms with E-state index in [1.165, 1.54) is 0 Å². The highest BCUT2D eigenvalue weighted by molar-refractivity contribution is 6.35. The van der Waals surface area contributed by atoms with Gasteiger partial charge in [-0.05, 0) is 53.1 Å². The Hall–Kier alpha value is -2.23. The molecule has 5 heteroatoms. The molecule has 0 spiro atoms. The van der Waals surface area contributed by atoms with E-state index in [1.807, 2.05) is 18.2 Å². The number of rotatable bonds is 5. The van der Waals surface area contributed by atoms with Gasteiger partial charge in [0.25, 0.3) is 5.91 Å². The molecule has 0 unspecified atom stereocenters. The van der Waals surface area contributed by atoms with Gasteiger partial charge in [-0.15, -0.1) is 0 Å². The molecule has 3 rings (SSSR count). The standard InChI is InChI=1S/C20H17Cl2NO2/c1-25-19-5-4-14-3-2-13(8-15(14)11-19)6-7-23-20(24)16-9-17(21)12-18(22)10-16/h2-5,8-12H,6-7H2,1H3,(H,23,24). The zero-order valence-corrected chi connectivity index (χ0v) is 15.2. The lowest BCUT2D eigenvalue weighted by Crippen LogP contribution is -2.25. The molecule has 0 aromatic heterocycles. The van der Waals surface area contributed by atoms with E-state index in [2.05, 4.69) is 23.5 Å². The van der Waals surface area contributed by atoms with Crippen LogP contribution >= 0.6 is 23.2 Å². The summed E-state index contributed by atoms with van der Waals surface area (Å²) >= 11 is 11.9.